The summed E-state index contributed by atoms with van der Waals surface area (Å²) in [5, 5.41) is 7.02. The molecule has 0 spiro atoms. The van der Waals surface area contributed by atoms with Crippen LogP contribution in [0.15, 0.2) is 28.8 Å². The molecule has 1 atom stereocenters. The highest BCUT2D eigenvalue weighted by atomic mass is 19.1. The molecule has 0 unspecified atom stereocenters. The Labute approximate surface area is 147 Å². The van der Waals surface area contributed by atoms with E-state index in [1.807, 2.05) is 13.8 Å². The molecular formula is C19H24FN3O2. The third-order valence-corrected chi connectivity index (χ3v) is 4.43. The molecule has 1 N–H and O–H groups in total. The summed E-state index contributed by atoms with van der Waals surface area (Å²) in [6.07, 6.45) is 3.86. The van der Waals surface area contributed by atoms with Gasteiger partial charge in [-0.25, -0.2) is 4.39 Å². The first kappa shape index (κ1) is 17.6. The molecule has 0 saturated heterocycles. The standard InChI is InChI=1S/C19H24FN3O2/c1-12(2)19-22-17(25-23-19)5-3-4-16(24)21-18(13-6-7-13)14-8-10-15(20)11-9-14/h8-13,18H,3-7H2,1-2H3,(H,21,24)/t18-/m1/s1. The van der Waals surface area contributed by atoms with Gasteiger partial charge in [-0.3, -0.25) is 4.79 Å². The number of halogens is 1. The van der Waals surface area contributed by atoms with Crippen LogP contribution in [0.4, 0.5) is 4.39 Å². The molecule has 2 aromatic rings. The molecule has 134 valence electrons. The van der Waals surface area contributed by atoms with Gasteiger partial charge in [0.2, 0.25) is 11.8 Å². The highest BCUT2D eigenvalue weighted by Gasteiger charge is 2.33. The van der Waals surface area contributed by atoms with E-state index in [0.29, 0.717) is 36.9 Å². The highest BCUT2D eigenvalue weighted by Crippen LogP contribution is 2.41. The summed E-state index contributed by atoms with van der Waals surface area (Å²) in [6.45, 7) is 4.02. The molecule has 1 amide bonds. The minimum Gasteiger partial charge on any atom is -0.349 e. The first-order valence-corrected chi connectivity index (χ1v) is 8.90. The molecular weight excluding hydrogens is 321 g/mol. The van der Waals surface area contributed by atoms with Gasteiger partial charge in [0.15, 0.2) is 5.82 Å². The number of nitrogens with zero attached hydrogens (tertiary/aromatic N) is 2. The topological polar surface area (TPSA) is 68.0 Å². The zero-order valence-electron chi connectivity index (χ0n) is 14.7. The fraction of sp³-hybridized carbons (Fsp3) is 0.526. The van der Waals surface area contributed by atoms with Crippen LogP contribution in [0, 0.1) is 11.7 Å². The van der Waals surface area contributed by atoms with Gasteiger partial charge in [-0.2, -0.15) is 4.98 Å². The number of carbonyl (C=O) groups is 1. The number of aryl methyl sites for hydroxylation is 1. The Balaban J connectivity index is 1.49. The molecule has 0 aliphatic heterocycles. The maximum absolute atomic E-state index is 13.1. The highest BCUT2D eigenvalue weighted by molar-refractivity contribution is 5.76. The van der Waals surface area contributed by atoms with Crippen molar-refractivity contribution in [1.29, 1.82) is 0 Å². The van der Waals surface area contributed by atoms with Crippen LogP contribution < -0.4 is 5.32 Å². The first-order chi connectivity index (χ1) is 12.0. The molecule has 1 aromatic carbocycles. The maximum Gasteiger partial charge on any atom is 0.226 e. The zero-order chi connectivity index (χ0) is 17.8. The lowest BCUT2D eigenvalue weighted by atomic mass is 10.0. The summed E-state index contributed by atoms with van der Waals surface area (Å²) >= 11 is 0. The van der Waals surface area contributed by atoms with Crippen LogP contribution in [0.2, 0.25) is 0 Å². The van der Waals surface area contributed by atoms with Gasteiger partial charge in [-0.1, -0.05) is 31.1 Å². The molecule has 5 nitrogen and oxygen atoms in total. The van der Waals surface area contributed by atoms with E-state index in [0.717, 1.165) is 18.4 Å². The lowest BCUT2D eigenvalue weighted by molar-refractivity contribution is -0.122. The molecule has 6 heteroatoms. The Hall–Kier alpha value is -2.24. The quantitative estimate of drug-likeness (QED) is 0.787. The van der Waals surface area contributed by atoms with Crippen LogP contribution in [-0.2, 0) is 11.2 Å². The molecule has 1 aliphatic carbocycles. The van der Waals surface area contributed by atoms with Gasteiger partial charge in [0, 0.05) is 18.8 Å². The molecule has 1 saturated carbocycles. The minimum absolute atomic E-state index is 0.00447. The van der Waals surface area contributed by atoms with Crippen LogP contribution in [-0.4, -0.2) is 16.0 Å². The summed E-state index contributed by atoms with van der Waals surface area (Å²) in [7, 11) is 0. The Kier molecular flexibility index (Phi) is 5.46. The number of hydrogen-bond donors (Lipinski definition) is 1. The van der Waals surface area contributed by atoms with Crippen molar-refractivity contribution in [3.05, 3.63) is 47.4 Å². The molecule has 1 fully saturated rings. The van der Waals surface area contributed by atoms with Crippen molar-refractivity contribution >= 4 is 5.91 Å². The van der Waals surface area contributed by atoms with E-state index in [9.17, 15) is 9.18 Å². The molecule has 1 aromatic heterocycles. The van der Waals surface area contributed by atoms with E-state index >= 15 is 0 Å². The van der Waals surface area contributed by atoms with Crippen molar-refractivity contribution in [1.82, 2.24) is 15.5 Å². The van der Waals surface area contributed by atoms with E-state index < -0.39 is 0 Å². The second-order valence-corrected chi connectivity index (χ2v) is 6.99. The second-order valence-electron chi connectivity index (χ2n) is 6.99. The van der Waals surface area contributed by atoms with Crippen molar-refractivity contribution in [2.75, 3.05) is 0 Å². The Bertz CT molecular complexity index is 708. The molecule has 0 radical (unpaired) electrons. The average molecular weight is 345 g/mol. The SMILES string of the molecule is CC(C)c1noc(CCCC(=O)N[C@@H](c2ccc(F)cc2)C2CC2)n1. The van der Waals surface area contributed by atoms with Gasteiger partial charge in [0.25, 0.3) is 0 Å². The number of hydrogen-bond acceptors (Lipinski definition) is 4. The molecule has 1 aliphatic rings. The molecule has 3 rings (SSSR count). The predicted molar refractivity (Wildman–Crippen MR) is 91.3 cm³/mol. The van der Waals surface area contributed by atoms with Crippen molar-refractivity contribution in [2.24, 2.45) is 5.92 Å². The summed E-state index contributed by atoms with van der Waals surface area (Å²) < 4.78 is 18.3. The fourth-order valence-electron chi connectivity index (χ4n) is 2.82. The monoisotopic (exact) mass is 345 g/mol. The van der Waals surface area contributed by atoms with Crippen molar-refractivity contribution in [3.63, 3.8) is 0 Å². The number of benzene rings is 1. The molecule has 25 heavy (non-hydrogen) atoms. The zero-order valence-corrected chi connectivity index (χ0v) is 14.7. The van der Waals surface area contributed by atoms with Crippen LogP contribution in [0.1, 0.15) is 68.8 Å². The van der Waals surface area contributed by atoms with Gasteiger partial charge < -0.3 is 9.84 Å². The van der Waals surface area contributed by atoms with Crippen LogP contribution in [0.25, 0.3) is 0 Å². The van der Waals surface area contributed by atoms with Crippen molar-refractivity contribution in [3.8, 4) is 0 Å². The van der Waals surface area contributed by atoms with Crippen molar-refractivity contribution < 1.29 is 13.7 Å². The fourth-order valence-corrected chi connectivity index (χ4v) is 2.82. The summed E-state index contributed by atoms with van der Waals surface area (Å²) in [5.74, 6) is 1.71. The lowest BCUT2D eigenvalue weighted by Crippen LogP contribution is -2.29. The van der Waals surface area contributed by atoms with E-state index in [2.05, 4.69) is 15.5 Å². The third-order valence-electron chi connectivity index (χ3n) is 4.43. The summed E-state index contributed by atoms with van der Waals surface area (Å²) in [5.41, 5.74) is 0.968. The Morgan fingerprint density at radius 3 is 2.64 bits per heavy atom. The molecule has 1 heterocycles. The van der Waals surface area contributed by atoms with E-state index in [1.54, 1.807) is 12.1 Å². The van der Waals surface area contributed by atoms with E-state index in [-0.39, 0.29) is 23.7 Å². The Morgan fingerprint density at radius 2 is 2.04 bits per heavy atom. The number of amides is 1. The third kappa shape index (κ3) is 4.87. The number of aromatic nitrogens is 2. The normalized spacial score (nSPS) is 15.4. The van der Waals surface area contributed by atoms with Crippen LogP contribution in [0.3, 0.4) is 0 Å². The van der Waals surface area contributed by atoms with Gasteiger partial charge >= 0.3 is 0 Å². The number of nitrogens with one attached hydrogen (secondary N) is 1. The molecule has 0 bridgehead atoms. The first-order valence-electron chi connectivity index (χ1n) is 8.90. The van der Waals surface area contributed by atoms with Gasteiger partial charge in [0.05, 0.1) is 6.04 Å². The van der Waals surface area contributed by atoms with E-state index in [1.165, 1.54) is 12.1 Å². The van der Waals surface area contributed by atoms with E-state index in [4.69, 9.17) is 4.52 Å². The van der Waals surface area contributed by atoms with Gasteiger partial charge in [-0.15, -0.1) is 0 Å². The number of rotatable bonds is 8. The minimum atomic E-state index is -0.259. The second kappa shape index (κ2) is 7.76. The van der Waals surface area contributed by atoms with Crippen molar-refractivity contribution in [2.45, 2.75) is 57.9 Å². The Morgan fingerprint density at radius 1 is 1.32 bits per heavy atom. The smallest absolute Gasteiger partial charge is 0.226 e. The average Bonchev–Trinajstić information content (AvgIpc) is 3.31. The number of carbonyl (C=O) groups excluding carboxylic acids is 1. The lowest BCUT2D eigenvalue weighted by Gasteiger charge is -2.18. The van der Waals surface area contributed by atoms with Gasteiger partial charge in [0.1, 0.15) is 5.82 Å². The van der Waals surface area contributed by atoms with Crippen LogP contribution >= 0.6 is 0 Å². The van der Waals surface area contributed by atoms with Gasteiger partial charge in [-0.05, 0) is 42.9 Å². The van der Waals surface area contributed by atoms with Crippen LogP contribution in [0.5, 0.6) is 0 Å². The largest absolute Gasteiger partial charge is 0.349 e. The summed E-state index contributed by atoms with van der Waals surface area (Å²) in [6, 6.07) is 6.37. The summed E-state index contributed by atoms with van der Waals surface area (Å²) in [4.78, 5) is 16.6. The maximum atomic E-state index is 13.1. The predicted octanol–water partition coefficient (Wildman–Crippen LogP) is 3.92.